The Hall–Kier alpha value is -0.810. The van der Waals surface area contributed by atoms with Crippen LogP contribution in [-0.4, -0.2) is 27.0 Å². The van der Waals surface area contributed by atoms with Gasteiger partial charge in [0.25, 0.3) is 5.56 Å². The van der Waals surface area contributed by atoms with Gasteiger partial charge in [-0.05, 0) is 26.7 Å². The summed E-state index contributed by atoms with van der Waals surface area (Å²) < 4.78 is 2.01. The van der Waals surface area contributed by atoms with E-state index >= 15 is 0 Å². The van der Waals surface area contributed by atoms with Crippen molar-refractivity contribution >= 4 is 11.8 Å². The molecule has 1 rings (SSSR count). The molecule has 0 radical (unpaired) electrons. The van der Waals surface area contributed by atoms with E-state index in [1.54, 1.807) is 18.0 Å². The van der Waals surface area contributed by atoms with Gasteiger partial charge in [0.05, 0.1) is 0 Å². The zero-order valence-corrected chi connectivity index (χ0v) is 11.2. The molecular weight excluding hydrogens is 236 g/mol. The molecule has 0 bridgehead atoms. The van der Waals surface area contributed by atoms with Gasteiger partial charge in [-0.25, -0.2) is 0 Å². The summed E-state index contributed by atoms with van der Waals surface area (Å²) in [5.41, 5.74) is -0.181. The van der Waals surface area contributed by atoms with Crippen LogP contribution in [0.15, 0.2) is 22.2 Å². The Balaban J connectivity index is 2.56. The minimum atomic E-state index is -0.181. The Kier molecular flexibility index (Phi) is 6.29. The summed E-state index contributed by atoms with van der Waals surface area (Å²) >= 11 is 1.61. The Labute approximate surface area is 106 Å². The highest BCUT2D eigenvalue weighted by Crippen LogP contribution is 2.19. The first-order valence-electron chi connectivity index (χ1n) is 5.98. The number of hydrogen-bond acceptors (Lipinski definition) is 4. The van der Waals surface area contributed by atoms with Crippen molar-refractivity contribution in [2.24, 2.45) is 0 Å². The molecule has 1 N–H and O–H groups in total. The van der Waals surface area contributed by atoms with E-state index in [2.05, 4.69) is 18.8 Å². The first kappa shape index (κ1) is 14.3. The molecule has 0 fully saturated rings. The summed E-state index contributed by atoms with van der Waals surface area (Å²) in [7, 11) is 0. The molecule has 0 amide bonds. The molecule has 4 nitrogen and oxygen atoms in total. The number of aromatic nitrogens is 2. The van der Waals surface area contributed by atoms with Crippen molar-refractivity contribution in [3.05, 3.63) is 22.6 Å². The molecule has 1 aromatic rings. The van der Waals surface area contributed by atoms with Crippen molar-refractivity contribution < 1.29 is 5.11 Å². The lowest BCUT2D eigenvalue weighted by molar-refractivity contribution is 0.284. The van der Waals surface area contributed by atoms with E-state index in [0.717, 1.165) is 30.2 Å². The highest BCUT2D eigenvalue weighted by molar-refractivity contribution is 7.99. The van der Waals surface area contributed by atoms with Crippen molar-refractivity contribution in [2.45, 2.75) is 44.3 Å². The molecule has 0 aliphatic carbocycles. The number of aliphatic hydroxyl groups excluding tert-OH is 1. The quantitative estimate of drug-likeness (QED) is 0.461. The van der Waals surface area contributed by atoms with Gasteiger partial charge in [0.2, 0.25) is 0 Å². The number of hydrogen-bond donors (Lipinski definition) is 1. The maximum Gasteiger partial charge on any atom is 0.273 e. The fraction of sp³-hybridized carbons (Fsp3) is 0.667. The van der Waals surface area contributed by atoms with Gasteiger partial charge in [-0.15, -0.1) is 0 Å². The van der Waals surface area contributed by atoms with E-state index in [9.17, 15) is 4.79 Å². The van der Waals surface area contributed by atoms with Crippen LogP contribution < -0.4 is 5.56 Å². The van der Waals surface area contributed by atoms with Crippen LogP contribution in [0.5, 0.6) is 0 Å². The topological polar surface area (TPSA) is 55.1 Å². The van der Waals surface area contributed by atoms with E-state index in [0.29, 0.717) is 6.04 Å². The molecule has 0 atom stereocenters. The van der Waals surface area contributed by atoms with Gasteiger partial charge in [-0.1, -0.05) is 18.2 Å². The number of rotatable bonds is 7. The van der Waals surface area contributed by atoms with Gasteiger partial charge >= 0.3 is 0 Å². The average Bonchev–Trinajstić information content (AvgIpc) is 2.28. The summed E-state index contributed by atoms with van der Waals surface area (Å²) in [4.78, 5) is 15.3. The van der Waals surface area contributed by atoms with E-state index in [1.807, 2.05) is 4.57 Å². The number of unbranched alkanes of at least 4 members (excludes halogenated alkanes) is 2. The normalized spacial score (nSPS) is 11.1. The number of nitrogens with zero attached hydrogens (tertiary/aromatic N) is 2. The second-order valence-corrected chi connectivity index (χ2v) is 5.24. The third kappa shape index (κ3) is 4.91. The smallest absolute Gasteiger partial charge is 0.273 e. The van der Waals surface area contributed by atoms with Gasteiger partial charge in [-0.3, -0.25) is 4.79 Å². The average molecular weight is 256 g/mol. The Morgan fingerprint density at radius 2 is 2.18 bits per heavy atom. The SMILES string of the molecule is CC(C)n1ccc(=O)nc1SCCCCCO. The summed E-state index contributed by atoms with van der Waals surface area (Å²) in [6.07, 6.45) is 4.70. The number of thioether (sulfide) groups is 1. The predicted octanol–water partition coefficient (Wildman–Crippen LogP) is 2.08. The van der Waals surface area contributed by atoms with Crippen LogP contribution in [0.1, 0.15) is 39.2 Å². The zero-order chi connectivity index (χ0) is 12.7. The molecule has 0 saturated heterocycles. The van der Waals surface area contributed by atoms with E-state index < -0.39 is 0 Å². The minimum absolute atomic E-state index is 0.181. The molecule has 17 heavy (non-hydrogen) atoms. The lowest BCUT2D eigenvalue weighted by Crippen LogP contribution is -2.14. The predicted molar refractivity (Wildman–Crippen MR) is 70.5 cm³/mol. The van der Waals surface area contributed by atoms with E-state index in [4.69, 9.17) is 5.11 Å². The first-order chi connectivity index (χ1) is 8.15. The fourth-order valence-electron chi connectivity index (χ4n) is 1.45. The van der Waals surface area contributed by atoms with Crippen LogP contribution in [0.2, 0.25) is 0 Å². The molecular formula is C12H20N2O2S. The summed E-state index contributed by atoms with van der Waals surface area (Å²) in [5, 5.41) is 9.46. The molecule has 0 aliphatic heterocycles. The Morgan fingerprint density at radius 3 is 2.82 bits per heavy atom. The van der Waals surface area contributed by atoms with E-state index in [1.165, 1.54) is 6.07 Å². The lowest BCUT2D eigenvalue weighted by atomic mass is 10.3. The van der Waals surface area contributed by atoms with Crippen molar-refractivity contribution in [3.8, 4) is 0 Å². The molecule has 0 aliphatic rings. The van der Waals surface area contributed by atoms with Gasteiger partial charge in [-0.2, -0.15) is 4.98 Å². The number of aliphatic hydroxyl groups is 1. The largest absolute Gasteiger partial charge is 0.396 e. The monoisotopic (exact) mass is 256 g/mol. The summed E-state index contributed by atoms with van der Waals surface area (Å²) in [6, 6.07) is 1.80. The zero-order valence-electron chi connectivity index (χ0n) is 10.4. The Bertz CT molecular complexity index is 390. The highest BCUT2D eigenvalue weighted by atomic mass is 32.2. The van der Waals surface area contributed by atoms with Crippen LogP contribution in [-0.2, 0) is 0 Å². The van der Waals surface area contributed by atoms with Crippen LogP contribution in [0.4, 0.5) is 0 Å². The van der Waals surface area contributed by atoms with Crippen LogP contribution in [0.25, 0.3) is 0 Å². The maximum absolute atomic E-state index is 11.2. The fourth-order valence-corrected chi connectivity index (χ4v) is 2.56. The molecule has 0 saturated carbocycles. The van der Waals surface area contributed by atoms with Crippen molar-refractivity contribution in [2.75, 3.05) is 12.4 Å². The van der Waals surface area contributed by atoms with Gasteiger partial charge < -0.3 is 9.67 Å². The van der Waals surface area contributed by atoms with Gasteiger partial charge in [0, 0.05) is 30.7 Å². The first-order valence-corrected chi connectivity index (χ1v) is 6.96. The maximum atomic E-state index is 11.2. The third-order valence-corrected chi connectivity index (χ3v) is 3.45. The van der Waals surface area contributed by atoms with Crippen LogP contribution >= 0.6 is 11.8 Å². The second-order valence-electron chi connectivity index (χ2n) is 4.18. The molecule has 0 aromatic carbocycles. The van der Waals surface area contributed by atoms with Crippen molar-refractivity contribution in [1.29, 1.82) is 0 Å². The molecule has 96 valence electrons. The molecule has 0 unspecified atom stereocenters. The van der Waals surface area contributed by atoms with Gasteiger partial charge in [0.1, 0.15) is 0 Å². The third-order valence-electron chi connectivity index (χ3n) is 2.39. The Morgan fingerprint density at radius 1 is 1.41 bits per heavy atom. The summed E-state index contributed by atoms with van der Waals surface area (Å²) in [6.45, 7) is 4.40. The molecule has 1 heterocycles. The van der Waals surface area contributed by atoms with Crippen molar-refractivity contribution in [3.63, 3.8) is 0 Å². The highest BCUT2D eigenvalue weighted by Gasteiger charge is 2.06. The lowest BCUT2D eigenvalue weighted by Gasteiger charge is -2.14. The van der Waals surface area contributed by atoms with Crippen LogP contribution in [0, 0.1) is 0 Å². The van der Waals surface area contributed by atoms with Gasteiger partial charge in [0.15, 0.2) is 5.16 Å². The minimum Gasteiger partial charge on any atom is -0.396 e. The molecule has 0 spiro atoms. The van der Waals surface area contributed by atoms with Crippen LogP contribution in [0.3, 0.4) is 0 Å². The molecule has 5 heteroatoms. The summed E-state index contributed by atoms with van der Waals surface area (Å²) in [5.74, 6) is 0.934. The second kappa shape index (κ2) is 7.50. The van der Waals surface area contributed by atoms with E-state index in [-0.39, 0.29) is 12.2 Å². The van der Waals surface area contributed by atoms with Crippen molar-refractivity contribution in [1.82, 2.24) is 9.55 Å². The molecule has 1 aromatic heterocycles. The standard InChI is InChI=1S/C12H20N2O2S/c1-10(2)14-7-6-11(16)13-12(14)17-9-5-3-4-8-15/h6-7,10,15H,3-5,8-9H2,1-2H3.